The van der Waals surface area contributed by atoms with Crippen LogP contribution in [0.15, 0.2) is 11.6 Å². The first-order chi connectivity index (χ1) is 9.79. The zero-order chi connectivity index (χ0) is 13.9. The summed E-state index contributed by atoms with van der Waals surface area (Å²) in [6, 6.07) is 0.709. The van der Waals surface area contributed by atoms with Crippen LogP contribution in [0, 0.1) is 0 Å². The molecule has 0 radical (unpaired) electrons. The van der Waals surface area contributed by atoms with Crippen LogP contribution >= 0.6 is 11.3 Å². The van der Waals surface area contributed by atoms with Crippen molar-refractivity contribution in [3.63, 3.8) is 0 Å². The monoisotopic (exact) mass is 294 g/mol. The number of aromatic nitrogens is 2. The molecule has 0 aromatic carbocycles. The van der Waals surface area contributed by atoms with E-state index >= 15 is 0 Å². The lowest BCUT2D eigenvalue weighted by atomic mass is 10.3. The average Bonchev–Trinajstić information content (AvgIpc) is 3.04. The Labute approximate surface area is 123 Å². The summed E-state index contributed by atoms with van der Waals surface area (Å²) >= 11 is 1.68. The van der Waals surface area contributed by atoms with Crippen LogP contribution in [0.5, 0.6) is 0 Å². The lowest BCUT2D eigenvalue weighted by molar-refractivity contribution is 0.154. The van der Waals surface area contributed by atoms with Gasteiger partial charge >= 0.3 is 0 Å². The van der Waals surface area contributed by atoms with Crippen molar-refractivity contribution in [2.24, 2.45) is 0 Å². The Balaban J connectivity index is 1.76. The topological polar surface area (TPSA) is 41.8 Å². The van der Waals surface area contributed by atoms with Gasteiger partial charge < -0.3 is 15.0 Å². The molecule has 1 aliphatic carbocycles. The third-order valence-corrected chi connectivity index (χ3v) is 4.37. The quantitative estimate of drug-likeness (QED) is 0.757. The Morgan fingerprint density at radius 3 is 3.15 bits per heavy atom. The molecule has 110 valence electrons. The largest absolute Gasteiger partial charge is 0.380 e. The van der Waals surface area contributed by atoms with Gasteiger partial charge in [-0.2, -0.15) is 0 Å². The van der Waals surface area contributed by atoms with Gasteiger partial charge in [-0.05, 0) is 19.8 Å². The van der Waals surface area contributed by atoms with Crippen LogP contribution < -0.4 is 10.2 Å². The molecule has 6 heteroatoms. The van der Waals surface area contributed by atoms with Crippen molar-refractivity contribution in [2.75, 3.05) is 31.7 Å². The van der Waals surface area contributed by atoms with E-state index in [1.54, 1.807) is 11.3 Å². The third-order valence-electron chi connectivity index (χ3n) is 3.61. The summed E-state index contributed by atoms with van der Waals surface area (Å²) in [6.45, 7) is 5.29. The van der Waals surface area contributed by atoms with Crippen LogP contribution in [0.3, 0.4) is 0 Å². The molecule has 0 unspecified atom stereocenters. The molecule has 1 fully saturated rings. The molecule has 1 N–H and O–H groups in total. The summed E-state index contributed by atoms with van der Waals surface area (Å²) in [5.41, 5.74) is 1.26. The summed E-state index contributed by atoms with van der Waals surface area (Å²) in [6.07, 6.45) is 4.72. The van der Waals surface area contributed by atoms with Gasteiger partial charge in [0.15, 0.2) is 10.8 Å². The molecule has 3 rings (SSSR count). The van der Waals surface area contributed by atoms with Gasteiger partial charge in [0.25, 0.3) is 0 Å². The smallest absolute Gasteiger partial charge is 0.195 e. The van der Waals surface area contributed by atoms with Crippen molar-refractivity contribution in [3.05, 3.63) is 17.3 Å². The Hall–Kier alpha value is -1.11. The van der Waals surface area contributed by atoms with Gasteiger partial charge in [0.05, 0.1) is 12.3 Å². The number of nitrogens with one attached hydrogen (secondary N) is 1. The number of fused-ring (bicyclic) bond motifs is 1. The van der Waals surface area contributed by atoms with E-state index in [9.17, 15) is 0 Å². The Bertz CT molecular complexity index is 561. The molecule has 0 saturated heterocycles. The van der Waals surface area contributed by atoms with Crippen molar-refractivity contribution in [1.82, 2.24) is 14.7 Å². The van der Waals surface area contributed by atoms with Crippen LogP contribution in [0.4, 0.5) is 5.82 Å². The molecule has 2 heterocycles. The molecular weight excluding hydrogens is 272 g/mol. The zero-order valence-corrected chi connectivity index (χ0v) is 12.9. The van der Waals surface area contributed by atoms with Crippen LogP contribution in [0.2, 0.25) is 0 Å². The maximum absolute atomic E-state index is 5.44. The average molecular weight is 294 g/mol. The van der Waals surface area contributed by atoms with Crippen molar-refractivity contribution in [3.8, 4) is 0 Å². The first kappa shape index (κ1) is 13.9. The minimum Gasteiger partial charge on any atom is -0.380 e. The Kier molecular flexibility index (Phi) is 4.24. The first-order valence-electron chi connectivity index (χ1n) is 7.26. The number of anilines is 1. The number of nitrogens with zero attached hydrogens (tertiary/aromatic N) is 3. The van der Waals surface area contributed by atoms with E-state index in [4.69, 9.17) is 9.72 Å². The molecule has 0 spiro atoms. The fourth-order valence-electron chi connectivity index (χ4n) is 2.27. The van der Waals surface area contributed by atoms with Crippen molar-refractivity contribution < 1.29 is 4.74 Å². The van der Waals surface area contributed by atoms with Crippen LogP contribution in [0.25, 0.3) is 4.96 Å². The number of rotatable bonds is 8. The van der Waals surface area contributed by atoms with E-state index in [0.717, 1.165) is 37.1 Å². The van der Waals surface area contributed by atoms with E-state index in [1.807, 2.05) is 6.92 Å². The third kappa shape index (κ3) is 2.97. The van der Waals surface area contributed by atoms with Crippen LogP contribution in [0.1, 0.15) is 25.5 Å². The second-order valence-electron chi connectivity index (χ2n) is 5.21. The Morgan fingerprint density at radius 1 is 1.55 bits per heavy atom. The van der Waals surface area contributed by atoms with Crippen LogP contribution in [-0.4, -0.2) is 42.2 Å². The zero-order valence-electron chi connectivity index (χ0n) is 12.1. The summed E-state index contributed by atoms with van der Waals surface area (Å²) in [7, 11) is 2.09. The fourth-order valence-corrected chi connectivity index (χ4v) is 3.00. The highest BCUT2D eigenvalue weighted by Gasteiger charge is 2.23. The summed E-state index contributed by atoms with van der Waals surface area (Å²) < 4.78 is 7.64. The molecule has 0 atom stereocenters. The second kappa shape index (κ2) is 6.11. The van der Waals surface area contributed by atoms with Crippen molar-refractivity contribution in [2.45, 2.75) is 32.4 Å². The number of imidazole rings is 1. The van der Waals surface area contributed by atoms with E-state index < -0.39 is 0 Å². The minimum absolute atomic E-state index is 0.709. The standard InChI is InChI=1S/C14H22N4OS/c1-3-19-8-6-17(2)13-12(10-15-11-4-5-11)18-7-9-20-14(18)16-13/h7,9,11,15H,3-6,8,10H2,1-2H3. The molecule has 5 nitrogen and oxygen atoms in total. The van der Waals surface area contributed by atoms with Gasteiger partial charge in [-0.25, -0.2) is 4.98 Å². The van der Waals surface area contributed by atoms with E-state index in [1.165, 1.54) is 18.5 Å². The molecule has 20 heavy (non-hydrogen) atoms. The lowest BCUT2D eigenvalue weighted by Crippen LogP contribution is -2.26. The lowest BCUT2D eigenvalue weighted by Gasteiger charge is -2.18. The summed E-state index contributed by atoms with van der Waals surface area (Å²) in [4.78, 5) is 8.02. The van der Waals surface area contributed by atoms with E-state index in [0.29, 0.717) is 6.04 Å². The van der Waals surface area contributed by atoms with Crippen molar-refractivity contribution >= 4 is 22.1 Å². The molecule has 1 aliphatic rings. The predicted octanol–water partition coefficient (Wildman–Crippen LogP) is 2.12. The molecule has 0 aliphatic heterocycles. The van der Waals surface area contributed by atoms with Gasteiger partial charge in [-0.3, -0.25) is 4.40 Å². The predicted molar refractivity (Wildman–Crippen MR) is 82.7 cm³/mol. The molecule has 2 aromatic heterocycles. The highest BCUT2D eigenvalue weighted by molar-refractivity contribution is 7.15. The second-order valence-corrected chi connectivity index (χ2v) is 6.08. The Morgan fingerprint density at radius 2 is 2.40 bits per heavy atom. The maximum atomic E-state index is 5.44. The van der Waals surface area contributed by atoms with Gasteiger partial charge in [0.2, 0.25) is 0 Å². The number of thiazole rings is 1. The fraction of sp³-hybridized carbons (Fsp3) is 0.643. The first-order valence-corrected chi connectivity index (χ1v) is 8.14. The molecule has 0 bridgehead atoms. The molecule has 1 saturated carbocycles. The van der Waals surface area contributed by atoms with Gasteiger partial charge in [0, 0.05) is 44.4 Å². The number of likely N-dealkylation sites (N-methyl/N-ethyl adjacent to an activating group) is 1. The molecule has 2 aromatic rings. The van der Waals surface area contributed by atoms with Gasteiger partial charge in [-0.15, -0.1) is 11.3 Å². The van der Waals surface area contributed by atoms with Gasteiger partial charge in [-0.1, -0.05) is 0 Å². The van der Waals surface area contributed by atoms with E-state index in [2.05, 4.69) is 33.2 Å². The summed E-state index contributed by atoms with van der Waals surface area (Å²) in [5.74, 6) is 1.07. The highest BCUT2D eigenvalue weighted by Crippen LogP contribution is 2.26. The molecular formula is C14H22N4OS. The minimum atomic E-state index is 0.709. The number of hydrogen-bond acceptors (Lipinski definition) is 5. The maximum Gasteiger partial charge on any atom is 0.195 e. The van der Waals surface area contributed by atoms with E-state index in [-0.39, 0.29) is 0 Å². The van der Waals surface area contributed by atoms with Gasteiger partial charge in [0.1, 0.15) is 0 Å². The van der Waals surface area contributed by atoms with Crippen molar-refractivity contribution in [1.29, 1.82) is 0 Å². The normalized spacial score (nSPS) is 15.1. The van der Waals surface area contributed by atoms with Crippen LogP contribution in [-0.2, 0) is 11.3 Å². The SMILES string of the molecule is CCOCCN(C)c1nc2sccn2c1CNC1CC1. The number of hydrogen-bond donors (Lipinski definition) is 1. The highest BCUT2D eigenvalue weighted by atomic mass is 32.1. The molecule has 0 amide bonds. The number of ether oxygens (including phenoxy) is 1. The summed E-state index contributed by atoms with van der Waals surface area (Å²) in [5, 5.41) is 5.68.